The van der Waals surface area contributed by atoms with E-state index < -0.39 is 0 Å². The van der Waals surface area contributed by atoms with Crippen molar-refractivity contribution < 1.29 is 14.2 Å². The van der Waals surface area contributed by atoms with E-state index in [2.05, 4.69) is 20.3 Å². The van der Waals surface area contributed by atoms with Gasteiger partial charge in [-0.1, -0.05) is 6.07 Å². The average molecular weight is 326 g/mol. The molecule has 0 saturated carbocycles. The maximum Gasteiger partial charge on any atom is 0.205 e. The topological polar surface area (TPSA) is 78.4 Å². The first-order valence-electron chi connectivity index (χ1n) is 7.36. The van der Waals surface area contributed by atoms with Crippen LogP contribution in [0.2, 0.25) is 0 Å². The molecule has 0 bridgehead atoms. The molecule has 0 spiro atoms. The summed E-state index contributed by atoms with van der Waals surface area (Å²) in [5, 5.41) is 4.06. The molecule has 7 nitrogen and oxygen atoms in total. The number of aromatic nitrogens is 3. The van der Waals surface area contributed by atoms with Gasteiger partial charge in [0.05, 0.1) is 39.0 Å². The average Bonchev–Trinajstić information content (AvgIpc) is 2.65. The van der Waals surface area contributed by atoms with E-state index in [1.165, 1.54) is 6.33 Å². The largest absolute Gasteiger partial charge is 0.493 e. The van der Waals surface area contributed by atoms with Crippen molar-refractivity contribution in [1.29, 1.82) is 0 Å². The van der Waals surface area contributed by atoms with E-state index in [0.29, 0.717) is 35.1 Å². The summed E-state index contributed by atoms with van der Waals surface area (Å²) in [6, 6.07) is 7.60. The summed E-state index contributed by atoms with van der Waals surface area (Å²) in [6.45, 7) is 0.545. The highest BCUT2D eigenvalue weighted by molar-refractivity contribution is 5.96. The molecule has 0 radical (unpaired) electrons. The summed E-state index contributed by atoms with van der Waals surface area (Å²) in [5.74, 6) is 2.24. The first-order chi connectivity index (χ1) is 11.8. The van der Waals surface area contributed by atoms with Crippen LogP contribution in [0.1, 0.15) is 5.69 Å². The summed E-state index contributed by atoms with van der Waals surface area (Å²) >= 11 is 0. The van der Waals surface area contributed by atoms with Crippen molar-refractivity contribution >= 4 is 16.7 Å². The molecule has 2 heterocycles. The van der Waals surface area contributed by atoms with Crippen LogP contribution in [0.3, 0.4) is 0 Å². The predicted octanol–water partition coefficient (Wildman–Crippen LogP) is 2.66. The number of nitrogens with zero attached hydrogens (tertiary/aromatic N) is 3. The van der Waals surface area contributed by atoms with Gasteiger partial charge in [0, 0.05) is 6.20 Å². The van der Waals surface area contributed by atoms with E-state index in [1.807, 2.05) is 24.3 Å². The van der Waals surface area contributed by atoms with Crippen LogP contribution in [-0.4, -0.2) is 36.3 Å². The molecule has 0 aliphatic carbocycles. The fourth-order valence-electron chi connectivity index (χ4n) is 2.48. The normalized spacial score (nSPS) is 10.5. The molecule has 0 atom stereocenters. The lowest BCUT2D eigenvalue weighted by Gasteiger charge is -2.15. The standard InChI is InChI=1S/C17H18N4O3/c1-22-13-8-12-14(16(24-3)15(13)23-2)20-10-21-17(12)19-9-11-6-4-5-7-18-11/h4-8,10H,9H2,1-3H3,(H,19,20,21). The molecule has 124 valence electrons. The highest BCUT2D eigenvalue weighted by atomic mass is 16.5. The Morgan fingerprint density at radius 3 is 2.46 bits per heavy atom. The van der Waals surface area contributed by atoms with Crippen LogP contribution >= 0.6 is 0 Å². The van der Waals surface area contributed by atoms with Gasteiger partial charge in [0.25, 0.3) is 0 Å². The van der Waals surface area contributed by atoms with Crippen molar-refractivity contribution in [3.63, 3.8) is 0 Å². The molecule has 0 fully saturated rings. The van der Waals surface area contributed by atoms with E-state index >= 15 is 0 Å². The molecule has 7 heteroatoms. The van der Waals surface area contributed by atoms with Gasteiger partial charge in [0.2, 0.25) is 5.75 Å². The van der Waals surface area contributed by atoms with Gasteiger partial charge in [-0.15, -0.1) is 0 Å². The zero-order valence-electron chi connectivity index (χ0n) is 13.7. The highest BCUT2D eigenvalue weighted by Crippen LogP contribution is 2.43. The number of anilines is 1. The lowest BCUT2D eigenvalue weighted by molar-refractivity contribution is 0.327. The Balaban J connectivity index is 2.06. The van der Waals surface area contributed by atoms with Gasteiger partial charge in [-0.3, -0.25) is 4.98 Å². The van der Waals surface area contributed by atoms with Crippen molar-refractivity contribution in [2.75, 3.05) is 26.6 Å². The Hall–Kier alpha value is -3.09. The maximum absolute atomic E-state index is 5.47. The Kier molecular flexibility index (Phi) is 4.60. The zero-order valence-corrected chi connectivity index (χ0v) is 13.7. The molecular weight excluding hydrogens is 308 g/mol. The fraction of sp³-hybridized carbons (Fsp3) is 0.235. The third kappa shape index (κ3) is 2.88. The van der Waals surface area contributed by atoms with Crippen molar-refractivity contribution in [2.45, 2.75) is 6.54 Å². The molecule has 0 saturated heterocycles. The Labute approximate surface area is 139 Å². The molecule has 2 aromatic heterocycles. The summed E-state index contributed by atoms with van der Waals surface area (Å²) in [6.07, 6.45) is 3.24. The van der Waals surface area contributed by atoms with Crippen LogP contribution in [0.25, 0.3) is 10.9 Å². The summed E-state index contributed by atoms with van der Waals surface area (Å²) in [5.41, 5.74) is 1.56. The van der Waals surface area contributed by atoms with Crippen molar-refractivity contribution in [1.82, 2.24) is 15.0 Å². The number of rotatable bonds is 6. The second kappa shape index (κ2) is 6.99. The molecule has 0 amide bonds. The Morgan fingerprint density at radius 2 is 1.79 bits per heavy atom. The predicted molar refractivity (Wildman–Crippen MR) is 90.8 cm³/mol. The Bertz CT molecular complexity index is 840. The van der Waals surface area contributed by atoms with Crippen LogP contribution in [0.15, 0.2) is 36.8 Å². The van der Waals surface area contributed by atoms with Gasteiger partial charge in [-0.05, 0) is 18.2 Å². The summed E-state index contributed by atoms with van der Waals surface area (Å²) < 4.78 is 16.3. The van der Waals surface area contributed by atoms with Crippen molar-refractivity contribution in [2.24, 2.45) is 0 Å². The Morgan fingerprint density at radius 1 is 0.958 bits per heavy atom. The number of methoxy groups -OCH3 is 3. The fourth-order valence-corrected chi connectivity index (χ4v) is 2.48. The summed E-state index contributed by atoms with van der Waals surface area (Å²) in [4.78, 5) is 12.9. The second-order valence-corrected chi connectivity index (χ2v) is 4.94. The van der Waals surface area contributed by atoms with Crippen LogP contribution in [0, 0.1) is 0 Å². The quantitative estimate of drug-likeness (QED) is 0.746. The molecule has 3 rings (SSSR count). The van der Waals surface area contributed by atoms with E-state index in [-0.39, 0.29) is 0 Å². The molecule has 1 N–H and O–H groups in total. The monoisotopic (exact) mass is 326 g/mol. The molecule has 24 heavy (non-hydrogen) atoms. The van der Waals surface area contributed by atoms with E-state index in [0.717, 1.165) is 11.1 Å². The molecule has 0 aliphatic heterocycles. The van der Waals surface area contributed by atoms with Crippen LogP contribution in [-0.2, 0) is 6.54 Å². The zero-order chi connectivity index (χ0) is 16.9. The number of benzene rings is 1. The molecule has 3 aromatic rings. The second-order valence-electron chi connectivity index (χ2n) is 4.94. The maximum atomic E-state index is 5.47. The smallest absolute Gasteiger partial charge is 0.205 e. The van der Waals surface area contributed by atoms with Gasteiger partial charge < -0.3 is 19.5 Å². The van der Waals surface area contributed by atoms with Gasteiger partial charge in [-0.2, -0.15) is 0 Å². The first kappa shape index (κ1) is 15.8. The van der Waals surface area contributed by atoms with E-state index in [1.54, 1.807) is 27.5 Å². The third-order valence-electron chi connectivity index (χ3n) is 3.60. The van der Waals surface area contributed by atoms with E-state index in [9.17, 15) is 0 Å². The molecule has 1 aromatic carbocycles. The lowest BCUT2D eigenvalue weighted by Crippen LogP contribution is -2.05. The van der Waals surface area contributed by atoms with Gasteiger partial charge in [-0.25, -0.2) is 9.97 Å². The number of hydrogen-bond acceptors (Lipinski definition) is 7. The van der Waals surface area contributed by atoms with Crippen LogP contribution in [0.4, 0.5) is 5.82 Å². The van der Waals surface area contributed by atoms with Crippen molar-refractivity contribution in [3.8, 4) is 17.2 Å². The first-order valence-corrected chi connectivity index (χ1v) is 7.36. The van der Waals surface area contributed by atoms with Crippen LogP contribution < -0.4 is 19.5 Å². The van der Waals surface area contributed by atoms with E-state index in [4.69, 9.17) is 14.2 Å². The minimum Gasteiger partial charge on any atom is -0.493 e. The highest BCUT2D eigenvalue weighted by Gasteiger charge is 2.19. The van der Waals surface area contributed by atoms with Crippen LogP contribution in [0.5, 0.6) is 17.2 Å². The van der Waals surface area contributed by atoms with Gasteiger partial charge >= 0.3 is 0 Å². The number of ether oxygens (including phenoxy) is 3. The minimum atomic E-state index is 0.502. The third-order valence-corrected chi connectivity index (χ3v) is 3.60. The number of fused-ring (bicyclic) bond motifs is 1. The minimum absolute atomic E-state index is 0.502. The summed E-state index contributed by atoms with van der Waals surface area (Å²) in [7, 11) is 4.71. The number of hydrogen-bond donors (Lipinski definition) is 1. The molecule has 0 unspecified atom stereocenters. The molecular formula is C17H18N4O3. The SMILES string of the molecule is COc1cc2c(NCc3ccccn3)ncnc2c(OC)c1OC. The van der Waals surface area contributed by atoms with Gasteiger partial charge in [0.1, 0.15) is 17.7 Å². The van der Waals surface area contributed by atoms with Crippen molar-refractivity contribution in [3.05, 3.63) is 42.5 Å². The number of nitrogens with one attached hydrogen (secondary N) is 1. The number of pyridine rings is 1. The van der Waals surface area contributed by atoms with Gasteiger partial charge in [0.15, 0.2) is 11.5 Å². The lowest BCUT2D eigenvalue weighted by atomic mass is 10.2. The molecule has 0 aliphatic rings.